The first-order valence-electron chi connectivity index (χ1n) is 6.70. The van der Waals surface area contributed by atoms with Crippen LogP contribution in [0, 0.1) is 6.92 Å². The Kier molecular flexibility index (Phi) is 3.29. The number of amides is 1. The fraction of sp³-hybridized carbons (Fsp3) is 0.333. The minimum atomic E-state index is -0.0349. The van der Waals surface area contributed by atoms with E-state index in [1.165, 1.54) is 0 Å². The Balaban J connectivity index is 2.08. The van der Waals surface area contributed by atoms with Gasteiger partial charge < -0.3 is 14.8 Å². The number of aromatic amines is 1. The number of ether oxygens (including phenoxy) is 2. The molecule has 110 valence electrons. The average Bonchev–Trinajstić information content (AvgIpc) is 2.86. The molecule has 6 heteroatoms. The fourth-order valence-corrected chi connectivity index (χ4v) is 2.78. The van der Waals surface area contributed by atoms with E-state index in [1.807, 2.05) is 25.1 Å². The smallest absolute Gasteiger partial charge is 0.226 e. The molecule has 0 saturated carbocycles. The second-order valence-corrected chi connectivity index (χ2v) is 5.03. The van der Waals surface area contributed by atoms with E-state index in [9.17, 15) is 4.79 Å². The number of hydrogen-bond donors (Lipinski definition) is 2. The Morgan fingerprint density at radius 2 is 2.00 bits per heavy atom. The lowest BCUT2D eigenvalue weighted by Crippen LogP contribution is -2.23. The first kappa shape index (κ1) is 13.5. The summed E-state index contributed by atoms with van der Waals surface area (Å²) in [5, 5.41) is 9.87. The van der Waals surface area contributed by atoms with Crippen LogP contribution >= 0.6 is 0 Å². The Bertz CT molecular complexity index is 693. The number of fused-ring (bicyclic) bond motifs is 1. The molecule has 1 aliphatic rings. The lowest BCUT2D eigenvalue weighted by Gasteiger charge is -2.23. The summed E-state index contributed by atoms with van der Waals surface area (Å²) in [5.41, 5.74) is 3.00. The lowest BCUT2D eigenvalue weighted by molar-refractivity contribution is -0.116. The van der Waals surface area contributed by atoms with Crippen LogP contribution in [-0.4, -0.2) is 30.3 Å². The van der Waals surface area contributed by atoms with Gasteiger partial charge in [-0.15, -0.1) is 0 Å². The molecule has 0 aliphatic carbocycles. The van der Waals surface area contributed by atoms with Gasteiger partial charge in [-0.1, -0.05) is 6.07 Å². The molecule has 1 amide bonds. The highest BCUT2D eigenvalue weighted by Gasteiger charge is 2.30. The Morgan fingerprint density at radius 3 is 2.71 bits per heavy atom. The number of nitrogens with one attached hydrogen (secondary N) is 2. The largest absolute Gasteiger partial charge is 0.493 e. The molecule has 0 bridgehead atoms. The highest BCUT2D eigenvalue weighted by atomic mass is 16.5. The Hall–Kier alpha value is -2.50. The van der Waals surface area contributed by atoms with Gasteiger partial charge in [0.15, 0.2) is 17.3 Å². The van der Waals surface area contributed by atoms with Gasteiger partial charge in [0.25, 0.3) is 0 Å². The summed E-state index contributed by atoms with van der Waals surface area (Å²) in [5.74, 6) is 1.87. The number of benzene rings is 1. The van der Waals surface area contributed by atoms with Crippen LogP contribution in [0.5, 0.6) is 11.5 Å². The van der Waals surface area contributed by atoms with E-state index in [1.54, 1.807) is 14.2 Å². The van der Waals surface area contributed by atoms with Crippen LogP contribution in [0.15, 0.2) is 18.2 Å². The topological polar surface area (TPSA) is 76.2 Å². The summed E-state index contributed by atoms with van der Waals surface area (Å²) in [6.45, 7) is 1.96. The fourth-order valence-electron chi connectivity index (χ4n) is 2.78. The van der Waals surface area contributed by atoms with E-state index in [0.717, 1.165) is 16.8 Å². The van der Waals surface area contributed by atoms with Crippen molar-refractivity contribution in [3.8, 4) is 11.5 Å². The van der Waals surface area contributed by atoms with Gasteiger partial charge in [0.05, 0.1) is 14.2 Å². The SMILES string of the molecule is COc1ccc([C@H]2CC(=O)Nc3n[nH]c(C)c32)cc1OC. The molecule has 6 nitrogen and oxygen atoms in total. The monoisotopic (exact) mass is 287 g/mol. The molecule has 2 aromatic rings. The summed E-state index contributed by atoms with van der Waals surface area (Å²) in [6, 6.07) is 5.73. The second kappa shape index (κ2) is 5.12. The third-order valence-corrected chi connectivity index (χ3v) is 3.80. The zero-order valence-electron chi connectivity index (χ0n) is 12.2. The van der Waals surface area contributed by atoms with Crippen molar-refractivity contribution in [2.75, 3.05) is 19.5 Å². The third kappa shape index (κ3) is 2.22. The van der Waals surface area contributed by atoms with Gasteiger partial charge in [0.2, 0.25) is 5.91 Å². The normalized spacial score (nSPS) is 17.1. The Morgan fingerprint density at radius 1 is 1.24 bits per heavy atom. The van der Waals surface area contributed by atoms with Crippen molar-refractivity contribution >= 4 is 11.7 Å². The van der Waals surface area contributed by atoms with E-state index in [4.69, 9.17) is 9.47 Å². The number of methoxy groups -OCH3 is 2. The van der Waals surface area contributed by atoms with E-state index >= 15 is 0 Å². The molecule has 1 aromatic carbocycles. The standard InChI is InChI=1S/C15H17N3O3/c1-8-14-10(7-13(19)16-15(14)18-17-8)9-4-5-11(20-2)12(6-9)21-3/h4-6,10H,7H2,1-3H3,(H2,16,17,18,19)/t10-/m1/s1. The molecule has 0 spiro atoms. The van der Waals surface area contributed by atoms with Crippen LogP contribution in [-0.2, 0) is 4.79 Å². The van der Waals surface area contributed by atoms with Crippen molar-refractivity contribution < 1.29 is 14.3 Å². The van der Waals surface area contributed by atoms with Crippen LogP contribution in [0.2, 0.25) is 0 Å². The highest BCUT2D eigenvalue weighted by Crippen LogP contribution is 2.40. The van der Waals surface area contributed by atoms with Crippen LogP contribution in [0.3, 0.4) is 0 Å². The van der Waals surface area contributed by atoms with Gasteiger partial charge in [0.1, 0.15) is 0 Å². The number of aryl methyl sites for hydroxylation is 1. The third-order valence-electron chi connectivity index (χ3n) is 3.80. The van der Waals surface area contributed by atoms with Gasteiger partial charge >= 0.3 is 0 Å². The van der Waals surface area contributed by atoms with Crippen molar-refractivity contribution in [1.82, 2.24) is 10.2 Å². The summed E-state index contributed by atoms with van der Waals surface area (Å²) < 4.78 is 10.6. The van der Waals surface area contributed by atoms with E-state index in [-0.39, 0.29) is 11.8 Å². The number of rotatable bonds is 3. The predicted molar refractivity (Wildman–Crippen MR) is 78.0 cm³/mol. The quantitative estimate of drug-likeness (QED) is 0.907. The van der Waals surface area contributed by atoms with Gasteiger partial charge in [-0.25, -0.2) is 0 Å². The summed E-state index contributed by atoms with van der Waals surface area (Å²) in [4.78, 5) is 11.9. The molecule has 2 N–H and O–H groups in total. The lowest BCUT2D eigenvalue weighted by atomic mass is 9.85. The number of H-pyrrole nitrogens is 1. The number of aromatic nitrogens is 2. The molecular weight excluding hydrogens is 270 g/mol. The summed E-state index contributed by atoms with van der Waals surface area (Å²) in [7, 11) is 3.20. The zero-order chi connectivity index (χ0) is 15.0. The molecule has 21 heavy (non-hydrogen) atoms. The molecule has 0 fully saturated rings. The van der Waals surface area contributed by atoms with Crippen LogP contribution < -0.4 is 14.8 Å². The minimum Gasteiger partial charge on any atom is -0.493 e. The maximum Gasteiger partial charge on any atom is 0.226 e. The first-order valence-corrected chi connectivity index (χ1v) is 6.70. The number of carbonyl (C=O) groups is 1. The molecule has 1 atom stereocenters. The van der Waals surface area contributed by atoms with E-state index < -0.39 is 0 Å². The zero-order valence-corrected chi connectivity index (χ0v) is 12.2. The Labute approximate surface area is 122 Å². The van der Waals surface area contributed by atoms with E-state index in [0.29, 0.717) is 23.7 Å². The highest BCUT2D eigenvalue weighted by molar-refractivity contribution is 5.94. The maximum atomic E-state index is 11.9. The van der Waals surface area contributed by atoms with Crippen molar-refractivity contribution in [3.63, 3.8) is 0 Å². The molecule has 2 heterocycles. The van der Waals surface area contributed by atoms with Crippen LogP contribution in [0.1, 0.15) is 29.2 Å². The van der Waals surface area contributed by atoms with Crippen molar-refractivity contribution in [3.05, 3.63) is 35.0 Å². The van der Waals surface area contributed by atoms with Crippen LogP contribution in [0.25, 0.3) is 0 Å². The van der Waals surface area contributed by atoms with Crippen molar-refractivity contribution in [2.45, 2.75) is 19.3 Å². The van der Waals surface area contributed by atoms with Gasteiger partial charge in [-0.3, -0.25) is 9.89 Å². The maximum absolute atomic E-state index is 11.9. The molecule has 0 saturated heterocycles. The average molecular weight is 287 g/mol. The number of hydrogen-bond acceptors (Lipinski definition) is 4. The van der Waals surface area contributed by atoms with Gasteiger partial charge in [-0.2, -0.15) is 5.10 Å². The first-order chi connectivity index (χ1) is 10.1. The molecule has 1 aliphatic heterocycles. The molecule has 3 rings (SSSR count). The van der Waals surface area contributed by atoms with Crippen LogP contribution in [0.4, 0.5) is 5.82 Å². The van der Waals surface area contributed by atoms with Gasteiger partial charge in [-0.05, 0) is 24.6 Å². The summed E-state index contributed by atoms with van der Waals surface area (Å²) in [6.07, 6.45) is 0.392. The molecular formula is C15H17N3O3. The van der Waals surface area contributed by atoms with Crippen molar-refractivity contribution in [2.24, 2.45) is 0 Å². The number of carbonyl (C=O) groups excluding carboxylic acids is 1. The van der Waals surface area contributed by atoms with E-state index in [2.05, 4.69) is 15.5 Å². The molecule has 0 radical (unpaired) electrons. The van der Waals surface area contributed by atoms with Gasteiger partial charge in [0, 0.05) is 23.6 Å². The predicted octanol–water partition coefficient (Wildman–Crippen LogP) is 2.21. The molecule has 0 unspecified atom stereocenters. The second-order valence-electron chi connectivity index (χ2n) is 5.03. The number of nitrogens with zero attached hydrogens (tertiary/aromatic N) is 1. The summed E-state index contributed by atoms with van der Waals surface area (Å²) >= 11 is 0. The van der Waals surface area contributed by atoms with Crippen molar-refractivity contribution in [1.29, 1.82) is 0 Å². The minimum absolute atomic E-state index is 0.0335. The molecule has 1 aromatic heterocycles. The number of anilines is 1.